The van der Waals surface area contributed by atoms with Crippen molar-refractivity contribution in [1.82, 2.24) is 5.32 Å². The second-order valence-corrected chi connectivity index (χ2v) is 5.22. The summed E-state index contributed by atoms with van der Waals surface area (Å²) >= 11 is 0. The maximum Gasteiger partial charge on any atom is 0.319 e. The number of carbonyl (C=O) groups excluding carboxylic acids is 2. The highest BCUT2D eigenvalue weighted by Gasteiger charge is 2.38. The number of hydrogen-bond acceptors (Lipinski definition) is 2. The van der Waals surface area contributed by atoms with Crippen molar-refractivity contribution < 1.29 is 9.59 Å². The molecule has 102 valence electrons. The largest absolute Gasteiger partial charge is 0.338 e. The molecule has 0 fully saturated rings. The van der Waals surface area contributed by atoms with Gasteiger partial charge in [-0.25, -0.2) is 4.79 Å². The van der Waals surface area contributed by atoms with Crippen LogP contribution in [0.2, 0.25) is 0 Å². The lowest BCUT2D eigenvalue weighted by Gasteiger charge is -2.16. The summed E-state index contributed by atoms with van der Waals surface area (Å²) in [5, 5.41) is 8.35. The molecular weight excluding hydrogens is 242 g/mol. The van der Waals surface area contributed by atoms with Crippen molar-refractivity contribution in [2.75, 3.05) is 17.2 Å². The third kappa shape index (κ3) is 2.54. The van der Waals surface area contributed by atoms with Gasteiger partial charge in [-0.15, -0.1) is 0 Å². The van der Waals surface area contributed by atoms with E-state index in [4.69, 9.17) is 0 Å². The van der Waals surface area contributed by atoms with Crippen molar-refractivity contribution in [1.29, 1.82) is 0 Å². The molecule has 3 N–H and O–H groups in total. The fraction of sp³-hybridized carbons (Fsp3) is 0.429. The maximum atomic E-state index is 11.8. The minimum absolute atomic E-state index is 0.0184. The first-order valence-electron chi connectivity index (χ1n) is 6.46. The molecule has 1 aromatic rings. The number of benzene rings is 1. The number of nitrogens with one attached hydrogen (secondary N) is 3. The van der Waals surface area contributed by atoms with Crippen LogP contribution in [0.1, 0.15) is 32.8 Å². The van der Waals surface area contributed by atoms with Crippen LogP contribution in [0, 0.1) is 0 Å². The van der Waals surface area contributed by atoms with Crippen molar-refractivity contribution in [2.45, 2.75) is 32.6 Å². The summed E-state index contributed by atoms with van der Waals surface area (Å²) < 4.78 is 0. The summed E-state index contributed by atoms with van der Waals surface area (Å²) in [4.78, 5) is 23.4. The lowest BCUT2D eigenvalue weighted by molar-refractivity contribution is -0.119. The van der Waals surface area contributed by atoms with E-state index in [-0.39, 0.29) is 11.9 Å². The highest BCUT2D eigenvalue weighted by molar-refractivity contribution is 6.06. The normalized spacial score (nSPS) is 15.6. The van der Waals surface area contributed by atoms with Crippen LogP contribution in [0.4, 0.5) is 16.2 Å². The summed E-state index contributed by atoms with van der Waals surface area (Å²) in [6.45, 7) is 6.38. The van der Waals surface area contributed by atoms with E-state index >= 15 is 0 Å². The fourth-order valence-corrected chi connectivity index (χ4v) is 2.06. The van der Waals surface area contributed by atoms with Gasteiger partial charge in [0.15, 0.2) is 0 Å². The Bertz CT molecular complexity index is 523. The molecule has 19 heavy (non-hydrogen) atoms. The quantitative estimate of drug-likeness (QED) is 0.782. The number of anilines is 2. The summed E-state index contributed by atoms with van der Waals surface area (Å²) in [5.74, 6) is -0.0184. The van der Waals surface area contributed by atoms with E-state index in [2.05, 4.69) is 16.0 Å². The van der Waals surface area contributed by atoms with Crippen molar-refractivity contribution in [3.8, 4) is 0 Å². The molecule has 0 bridgehead atoms. The van der Waals surface area contributed by atoms with Gasteiger partial charge in [-0.05, 0) is 44.0 Å². The average molecular weight is 261 g/mol. The highest BCUT2D eigenvalue weighted by atomic mass is 16.2. The van der Waals surface area contributed by atoms with Crippen LogP contribution < -0.4 is 16.0 Å². The standard InChI is InChI=1S/C14H19N3O2/c1-4-7-15-13(19)16-9-5-6-11-10(8-9)14(2,3)12(18)17-11/h5-6,8H,4,7H2,1-3H3,(H,17,18)(H2,15,16,19). The second kappa shape index (κ2) is 4.91. The average Bonchev–Trinajstić information content (AvgIpc) is 2.59. The van der Waals surface area contributed by atoms with E-state index in [0.717, 1.165) is 17.7 Å². The zero-order valence-electron chi connectivity index (χ0n) is 11.5. The van der Waals surface area contributed by atoms with Crippen molar-refractivity contribution in [3.05, 3.63) is 23.8 Å². The second-order valence-electron chi connectivity index (χ2n) is 5.22. The Kier molecular flexibility index (Phi) is 3.46. The lowest BCUT2D eigenvalue weighted by Crippen LogP contribution is -2.29. The van der Waals surface area contributed by atoms with Crippen LogP contribution in [0.15, 0.2) is 18.2 Å². The summed E-state index contributed by atoms with van der Waals surface area (Å²) in [6.07, 6.45) is 0.892. The van der Waals surface area contributed by atoms with Gasteiger partial charge in [0.2, 0.25) is 5.91 Å². The SMILES string of the molecule is CCCNC(=O)Nc1ccc2c(c1)C(C)(C)C(=O)N2. The highest BCUT2D eigenvalue weighted by Crippen LogP contribution is 2.38. The van der Waals surface area contributed by atoms with E-state index in [1.54, 1.807) is 6.07 Å². The van der Waals surface area contributed by atoms with E-state index in [1.807, 2.05) is 32.9 Å². The number of amides is 3. The lowest BCUT2D eigenvalue weighted by atomic mass is 9.86. The van der Waals surface area contributed by atoms with E-state index in [9.17, 15) is 9.59 Å². The van der Waals surface area contributed by atoms with Crippen molar-refractivity contribution in [2.24, 2.45) is 0 Å². The van der Waals surface area contributed by atoms with Crippen LogP contribution >= 0.6 is 0 Å². The molecule has 1 aliphatic rings. The molecule has 0 saturated carbocycles. The zero-order chi connectivity index (χ0) is 14.0. The first-order chi connectivity index (χ1) is 8.95. The molecule has 1 heterocycles. The van der Waals surface area contributed by atoms with E-state index in [1.165, 1.54) is 0 Å². The van der Waals surface area contributed by atoms with Gasteiger partial charge >= 0.3 is 6.03 Å². The van der Waals surface area contributed by atoms with Gasteiger partial charge in [-0.3, -0.25) is 4.79 Å². The molecule has 1 aliphatic heterocycles. The molecule has 5 nitrogen and oxygen atoms in total. The van der Waals surface area contributed by atoms with Crippen molar-refractivity contribution in [3.63, 3.8) is 0 Å². The molecule has 0 spiro atoms. The Balaban J connectivity index is 2.16. The smallest absolute Gasteiger partial charge is 0.319 e. The first kappa shape index (κ1) is 13.4. The third-order valence-corrected chi connectivity index (χ3v) is 3.30. The van der Waals surface area contributed by atoms with Crippen LogP contribution in [0.25, 0.3) is 0 Å². The molecule has 0 radical (unpaired) electrons. The minimum Gasteiger partial charge on any atom is -0.338 e. The van der Waals surface area contributed by atoms with Gasteiger partial charge < -0.3 is 16.0 Å². The Morgan fingerprint density at radius 2 is 2.11 bits per heavy atom. The molecule has 2 rings (SSSR count). The van der Waals surface area contributed by atoms with Gasteiger partial charge in [0, 0.05) is 17.9 Å². The van der Waals surface area contributed by atoms with Crippen LogP contribution in [-0.2, 0) is 10.2 Å². The molecule has 0 aliphatic carbocycles. The molecular formula is C14H19N3O2. The molecule has 0 aromatic heterocycles. The predicted molar refractivity (Wildman–Crippen MR) is 75.4 cm³/mol. The number of rotatable bonds is 3. The van der Waals surface area contributed by atoms with E-state index in [0.29, 0.717) is 12.2 Å². The zero-order valence-corrected chi connectivity index (χ0v) is 11.5. The molecule has 0 saturated heterocycles. The molecule has 5 heteroatoms. The van der Waals surface area contributed by atoms with Crippen LogP contribution in [0.5, 0.6) is 0 Å². The molecule has 0 atom stereocenters. The van der Waals surface area contributed by atoms with Crippen molar-refractivity contribution >= 4 is 23.3 Å². The molecule has 0 unspecified atom stereocenters. The Morgan fingerprint density at radius 1 is 1.37 bits per heavy atom. The van der Waals surface area contributed by atoms with Gasteiger partial charge in [0.05, 0.1) is 5.41 Å². The Hall–Kier alpha value is -2.04. The monoisotopic (exact) mass is 261 g/mol. The Morgan fingerprint density at radius 3 is 2.79 bits per heavy atom. The first-order valence-corrected chi connectivity index (χ1v) is 6.46. The maximum absolute atomic E-state index is 11.8. The summed E-state index contributed by atoms with van der Waals surface area (Å²) in [5.41, 5.74) is 1.85. The van der Waals surface area contributed by atoms with Crippen LogP contribution in [0.3, 0.4) is 0 Å². The summed E-state index contributed by atoms with van der Waals surface area (Å²) in [7, 11) is 0. The van der Waals surface area contributed by atoms with Gasteiger partial charge in [0.25, 0.3) is 0 Å². The number of urea groups is 1. The van der Waals surface area contributed by atoms with Gasteiger partial charge in [-0.1, -0.05) is 6.92 Å². The number of hydrogen-bond donors (Lipinski definition) is 3. The summed E-state index contributed by atoms with van der Waals surface area (Å²) in [6, 6.07) is 5.22. The number of fused-ring (bicyclic) bond motifs is 1. The molecule has 3 amide bonds. The number of carbonyl (C=O) groups is 2. The molecule has 1 aromatic carbocycles. The van der Waals surface area contributed by atoms with E-state index < -0.39 is 5.41 Å². The van der Waals surface area contributed by atoms with Crippen LogP contribution in [-0.4, -0.2) is 18.5 Å². The predicted octanol–water partition coefficient (Wildman–Crippen LogP) is 2.45. The third-order valence-electron chi connectivity index (χ3n) is 3.30. The minimum atomic E-state index is -0.563. The van der Waals surface area contributed by atoms with Gasteiger partial charge in [-0.2, -0.15) is 0 Å². The topological polar surface area (TPSA) is 70.2 Å². The Labute approximate surface area is 112 Å². The fourth-order valence-electron chi connectivity index (χ4n) is 2.06. The van der Waals surface area contributed by atoms with Gasteiger partial charge in [0.1, 0.15) is 0 Å².